The SMILES string of the molecule is CCN(CC)C(=O)[C@@H](C)NC(=O)Nc1ccc(N2CCOCC2)nc1. The molecule has 0 spiro atoms. The first-order valence-corrected chi connectivity index (χ1v) is 8.70. The lowest BCUT2D eigenvalue weighted by molar-refractivity contribution is -0.132. The number of morpholine rings is 1. The van der Waals surface area contributed by atoms with E-state index in [1.165, 1.54) is 0 Å². The minimum Gasteiger partial charge on any atom is -0.378 e. The van der Waals surface area contributed by atoms with E-state index in [1.54, 1.807) is 24.1 Å². The maximum atomic E-state index is 12.2. The number of carbonyl (C=O) groups is 2. The van der Waals surface area contributed by atoms with Crippen LogP contribution in [0.25, 0.3) is 0 Å². The van der Waals surface area contributed by atoms with Gasteiger partial charge in [0.15, 0.2) is 0 Å². The highest BCUT2D eigenvalue weighted by molar-refractivity contribution is 5.93. The summed E-state index contributed by atoms with van der Waals surface area (Å²) in [5.74, 6) is 0.764. The largest absolute Gasteiger partial charge is 0.378 e. The molecule has 0 bridgehead atoms. The van der Waals surface area contributed by atoms with Crippen LogP contribution >= 0.6 is 0 Å². The van der Waals surface area contributed by atoms with Gasteiger partial charge in [-0.05, 0) is 32.9 Å². The molecule has 0 saturated carbocycles. The van der Waals surface area contributed by atoms with E-state index in [9.17, 15) is 9.59 Å². The summed E-state index contributed by atoms with van der Waals surface area (Å²) >= 11 is 0. The average Bonchev–Trinajstić information content (AvgIpc) is 2.64. The van der Waals surface area contributed by atoms with Crippen molar-refractivity contribution >= 4 is 23.4 Å². The summed E-state index contributed by atoms with van der Waals surface area (Å²) in [4.78, 5) is 32.4. The molecule has 1 atom stereocenters. The van der Waals surface area contributed by atoms with Crippen molar-refractivity contribution in [2.45, 2.75) is 26.8 Å². The molecule has 2 rings (SSSR count). The number of aromatic nitrogens is 1. The monoisotopic (exact) mass is 349 g/mol. The van der Waals surface area contributed by atoms with Crippen molar-refractivity contribution in [1.82, 2.24) is 15.2 Å². The maximum Gasteiger partial charge on any atom is 0.319 e. The zero-order valence-corrected chi connectivity index (χ0v) is 15.1. The Balaban J connectivity index is 1.86. The molecule has 2 heterocycles. The molecule has 0 unspecified atom stereocenters. The van der Waals surface area contributed by atoms with Gasteiger partial charge in [0.25, 0.3) is 0 Å². The number of amides is 3. The van der Waals surface area contributed by atoms with E-state index < -0.39 is 12.1 Å². The zero-order valence-electron chi connectivity index (χ0n) is 15.1. The summed E-state index contributed by atoms with van der Waals surface area (Å²) in [7, 11) is 0. The Morgan fingerprint density at radius 2 is 1.96 bits per heavy atom. The predicted octanol–water partition coefficient (Wildman–Crippen LogP) is 1.30. The topological polar surface area (TPSA) is 86.8 Å². The molecule has 3 amide bonds. The number of hydrogen-bond donors (Lipinski definition) is 2. The first-order valence-electron chi connectivity index (χ1n) is 8.70. The van der Waals surface area contributed by atoms with E-state index in [1.807, 2.05) is 19.9 Å². The van der Waals surface area contributed by atoms with Crippen LogP contribution < -0.4 is 15.5 Å². The fourth-order valence-corrected chi connectivity index (χ4v) is 2.67. The molecular weight excluding hydrogens is 322 g/mol. The van der Waals surface area contributed by atoms with Crippen LogP contribution in [-0.2, 0) is 9.53 Å². The molecule has 2 N–H and O–H groups in total. The van der Waals surface area contributed by atoms with Gasteiger partial charge in [0, 0.05) is 26.2 Å². The highest BCUT2D eigenvalue weighted by Crippen LogP contribution is 2.15. The van der Waals surface area contributed by atoms with Gasteiger partial charge < -0.3 is 25.2 Å². The van der Waals surface area contributed by atoms with Gasteiger partial charge in [-0.15, -0.1) is 0 Å². The number of urea groups is 1. The lowest BCUT2D eigenvalue weighted by Gasteiger charge is -2.27. The van der Waals surface area contributed by atoms with Crippen LogP contribution in [0.15, 0.2) is 18.3 Å². The smallest absolute Gasteiger partial charge is 0.319 e. The summed E-state index contributed by atoms with van der Waals surface area (Å²) in [5, 5.41) is 5.37. The van der Waals surface area contributed by atoms with Gasteiger partial charge >= 0.3 is 6.03 Å². The van der Waals surface area contributed by atoms with Crippen molar-refractivity contribution < 1.29 is 14.3 Å². The third-order valence-electron chi connectivity index (χ3n) is 4.13. The lowest BCUT2D eigenvalue weighted by atomic mass is 10.3. The normalized spacial score (nSPS) is 15.4. The molecule has 1 aromatic heterocycles. The van der Waals surface area contributed by atoms with Crippen LogP contribution in [0, 0.1) is 0 Å². The van der Waals surface area contributed by atoms with Crippen molar-refractivity contribution in [2.24, 2.45) is 0 Å². The molecule has 1 fully saturated rings. The standard InChI is InChI=1S/C17H27N5O3/c1-4-21(5-2)16(23)13(3)19-17(24)20-14-6-7-15(18-12-14)22-8-10-25-11-9-22/h6-7,12-13H,4-5,8-11H2,1-3H3,(H2,19,20,24)/t13-/m1/s1. The number of pyridine rings is 1. The van der Waals surface area contributed by atoms with Crippen molar-refractivity contribution in [3.8, 4) is 0 Å². The van der Waals surface area contributed by atoms with E-state index in [2.05, 4.69) is 20.5 Å². The van der Waals surface area contributed by atoms with E-state index in [0.29, 0.717) is 32.0 Å². The molecule has 25 heavy (non-hydrogen) atoms. The minimum atomic E-state index is -0.583. The fourth-order valence-electron chi connectivity index (χ4n) is 2.67. The van der Waals surface area contributed by atoms with Gasteiger partial charge in [0.05, 0.1) is 25.1 Å². The quantitative estimate of drug-likeness (QED) is 0.808. The molecule has 8 nitrogen and oxygen atoms in total. The molecule has 1 saturated heterocycles. The average molecular weight is 349 g/mol. The zero-order chi connectivity index (χ0) is 18.2. The number of nitrogens with one attached hydrogen (secondary N) is 2. The summed E-state index contributed by atoms with van der Waals surface area (Å²) in [5.41, 5.74) is 0.581. The van der Waals surface area contributed by atoms with Gasteiger partial charge in [-0.1, -0.05) is 0 Å². The molecule has 1 aliphatic heterocycles. The van der Waals surface area contributed by atoms with Crippen molar-refractivity contribution in [1.29, 1.82) is 0 Å². The van der Waals surface area contributed by atoms with Crippen molar-refractivity contribution in [3.63, 3.8) is 0 Å². The lowest BCUT2D eigenvalue weighted by Crippen LogP contribution is -2.48. The molecule has 0 radical (unpaired) electrons. The molecule has 0 aromatic carbocycles. The predicted molar refractivity (Wildman–Crippen MR) is 96.8 cm³/mol. The highest BCUT2D eigenvalue weighted by atomic mass is 16.5. The number of nitrogens with zero attached hydrogens (tertiary/aromatic N) is 3. The molecule has 0 aliphatic carbocycles. The molecule has 1 aliphatic rings. The van der Waals surface area contributed by atoms with Crippen LogP contribution in [0.5, 0.6) is 0 Å². The number of carbonyl (C=O) groups excluding carboxylic acids is 2. The van der Waals surface area contributed by atoms with Crippen LogP contribution in [0.3, 0.4) is 0 Å². The summed E-state index contributed by atoms with van der Waals surface area (Å²) in [6.45, 7) is 9.76. The second-order valence-corrected chi connectivity index (χ2v) is 5.84. The van der Waals surface area contributed by atoms with E-state index in [0.717, 1.165) is 18.9 Å². The Labute approximate surface area is 148 Å². The van der Waals surface area contributed by atoms with E-state index in [4.69, 9.17) is 4.74 Å². The second-order valence-electron chi connectivity index (χ2n) is 5.84. The van der Waals surface area contributed by atoms with Gasteiger partial charge in [-0.25, -0.2) is 9.78 Å². The minimum absolute atomic E-state index is 0.0964. The van der Waals surface area contributed by atoms with Gasteiger partial charge in [-0.3, -0.25) is 4.79 Å². The van der Waals surface area contributed by atoms with E-state index >= 15 is 0 Å². The van der Waals surface area contributed by atoms with Gasteiger partial charge in [0.1, 0.15) is 11.9 Å². The Morgan fingerprint density at radius 1 is 1.28 bits per heavy atom. The fraction of sp³-hybridized carbons (Fsp3) is 0.588. The van der Waals surface area contributed by atoms with Gasteiger partial charge in [0.2, 0.25) is 5.91 Å². The third kappa shape index (κ3) is 5.32. The van der Waals surface area contributed by atoms with Crippen LogP contribution in [0.2, 0.25) is 0 Å². The van der Waals surface area contributed by atoms with Crippen LogP contribution in [0.1, 0.15) is 20.8 Å². The molecule has 138 valence electrons. The third-order valence-corrected chi connectivity index (χ3v) is 4.13. The number of likely N-dealkylation sites (N-methyl/N-ethyl adjacent to an activating group) is 1. The Kier molecular flexibility index (Phi) is 7.00. The first kappa shape index (κ1) is 19.0. The number of rotatable bonds is 6. The molecule has 8 heteroatoms. The van der Waals surface area contributed by atoms with E-state index in [-0.39, 0.29) is 5.91 Å². The Morgan fingerprint density at radius 3 is 2.52 bits per heavy atom. The summed E-state index contributed by atoms with van der Waals surface area (Å²) in [6.07, 6.45) is 1.61. The van der Waals surface area contributed by atoms with Crippen LogP contribution in [-0.4, -0.2) is 67.3 Å². The number of hydrogen-bond acceptors (Lipinski definition) is 5. The summed E-state index contributed by atoms with van der Waals surface area (Å²) < 4.78 is 5.32. The highest BCUT2D eigenvalue weighted by Gasteiger charge is 2.20. The van der Waals surface area contributed by atoms with Crippen molar-refractivity contribution in [3.05, 3.63) is 18.3 Å². The first-order chi connectivity index (χ1) is 12.0. The summed E-state index contributed by atoms with van der Waals surface area (Å²) in [6, 6.07) is 2.66. The second kappa shape index (κ2) is 9.22. The number of ether oxygens (including phenoxy) is 1. The molecular formula is C17H27N5O3. The maximum absolute atomic E-state index is 12.2. The van der Waals surface area contributed by atoms with Gasteiger partial charge in [-0.2, -0.15) is 0 Å². The molecule has 1 aromatic rings. The Bertz CT molecular complexity index is 568. The van der Waals surface area contributed by atoms with Crippen molar-refractivity contribution in [2.75, 3.05) is 49.6 Å². The number of anilines is 2. The Hall–Kier alpha value is -2.35. The van der Waals surface area contributed by atoms with Crippen LogP contribution in [0.4, 0.5) is 16.3 Å².